The van der Waals surface area contributed by atoms with Crippen molar-refractivity contribution in [1.29, 1.82) is 0 Å². The number of hydrogen-bond acceptors (Lipinski definition) is 5. The second-order valence-electron chi connectivity index (χ2n) is 7.17. The van der Waals surface area contributed by atoms with E-state index in [4.69, 9.17) is 10.7 Å². The van der Waals surface area contributed by atoms with E-state index in [0.29, 0.717) is 34.3 Å². The number of anilines is 1. The number of amides is 1. The lowest BCUT2D eigenvalue weighted by atomic mass is 10.1. The van der Waals surface area contributed by atoms with Crippen LogP contribution in [0.1, 0.15) is 41.3 Å². The maximum atomic E-state index is 12.9. The van der Waals surface area contributed by atoms with Gasteiger partial charge in [-0.1, -0.05) is 49.7 Å². The third-order valence-electron chi connectivity index (χ3n) is 5.02. The first-order valence-electron chi connectivity index (χ1n) is 10.0. The van der Waals surface area contributed by atoms with Gasteiger partial charge in [-0.3, -0.25) is 4.79 Å². The van der Waals surface area contributed by atoms with Crippen LogP contribution in [-0.2, 0) is 0 Å². The van der Waals surface area contributed by atoms with Gasteiger partial charge in [-0.15, -0.1) is 0 Å². The molecule has 3 N–H and O–H groups in total. The highest BCUT2D eigenvalue weighted by molar-refractivity contribution is 6.10. The summed E-state index contributed by atoms with van der Waals surface area (Å²) in [4.78, 5) is 22.3. The predicted molar refractivity (Wildman–Crippen MR) is 121 cm³/mol. The molecule has 0 atom stereocenters. The number of nitrogen functional groups attached to an aromatic ring is 1. The number of carbonyl (C=O) groups excluding carboxylic acids is 1. The largest absolute Gasteiger partial charge is 0.383 e. The maximum Gasteiger partial charge on any atom is 0.257 e. The number of aryl methyl sites for hydroxylation is 1. The van der Waals surface area contributed by atoms with Crippen molar-refractivity contribution in [3.63, 3.8) is 0 Å². The third-order valence-corrected chi connectivity index (χ3v) is 5.02. The van der Waals surface area contributed by atoms with Crippen LogP contribution in [0.15, 0.2) is 53.6 Å². The molecule has 0 saturated carbocycles. The van der Waals surface area contributed by atoms with Crippen LogP contribution >= 0.6 is 0 Å². The number of nitrogens with one attached hydrogen (secondary N) is 1. The molecule has 0 aliphatic heterocycles. The molecule has 152 valence electrons. The van der Waals surface area contributed by atoms with E-state index in [2.05, 4.69) is 22.3 Å². The summed E-state index contributed by atoms with van der Waals surface area (Å²) >= 11 is 0. The molecule has 0 fully saturated rings. The van der Waals surface area contributed by atoms with Crippen LogP contribution in [0.4, 0.5) is 5.82 Å². The Labute approximate surface area is 174 Å². The van der Waals surface area contributed by atoms with Gasteiger partial charge in [0.2, 0.25) is 0 Å². The molecular weight excluding hydrogens is 376 g/mol. The summed E-state index contributed by atoms with van der Waals surface area (Å²) < 4.78 is 1.50. The van der Waals surface area contributed by atoms with E-state index in [1.807, 2.05) is 55.5 Å². The van der Waals surface area contributed by atoms with Gasteiger partial charge in [0.05, 0.1) is 17.2 Å². The molecule has 0 aliphatic carbocycles. The second-order valence-corrected chi connectivity index (χ2v) is 7.17. The molecule has 0 spiro atoms. The van der Waals surface area contributed by atoms with Gasteiger partial charge in [0.1, 0.15) is 16.9 Å². The summed E-state index contributed by atoms with van der Waals surface area (Å²) in [7, 11) is 0. The van der Waals surface area contributed by atoms with E-state index in [1.165, 1.54) is 4.68 Å². The van der Waals surface area contributed by atoms with Crippen molar-refractivity contribution in [2.24, 2.45) is 5.10 Å². The van der Waals surface area contributed by atoms with Gasteiger partial charge in [0, 0.05) is 6.54 Å². The Morgan fingerprint density at radius 3 is 2.57 bits per heavy atom. The van der Waals surface area contributed by atoms with E-state index in [0.717, 1.165) is 24.0 Å². The molecule has 2 aromatic carbocycles. The zero-order valence-corrected chi connectivity index (χ0v) is 17.1. The zero-order valence-electron chi connectivity index (χ0n) is 17.1. The molecule has 0 aliphatic rings. The molecule has 2 aromatic heterocycles. The number of aromatic nitrogens is 3. The highest BCUT2D eigenvalue weighted by atomic mass is 16.1. The number of para-hydroxylation sites is 2. The SMILES string of the molecule is CCCCNC(=O)c1c(N)n(/N=C\c2ccccc2C)c2nc3ccccc3nc12. The van der Waals surface area contributed by atoms with Crippen LogP contribution < -0.4 is 11.1 Å². The van der Waals surface area contributed by atoms with Gasteiger partial charge in [-0.05, 0) is 36.6 Å². The van der Waals surface area contributed by atoms with Crippen molar-refractivity contribution < 1.29 is 4.79 Å². The van der Waals surface area contributed by atoms with Crippen molar-refractivity contribution in [1.82, 2.24) is 20.0 Å². The Morgan fingerprint density at radius 1 is 1.13 bits per heavy atom. The third kappa shape index (κ3) is 3.61. The first kappa shape index (κ1) is 19.6. The van der Waals surface area contributed by atoms with Crippen LogP contribution in [0.3, 0.4) is 0 Å². The number of nitrogens with zero attached hydrogens (tertiary/aromatic N) is 4. The first-order valence-corrected chi connectivity index (χ1v) is 10.0. The van der Waals surface area contributed by atoms with E-state index in [1.54, 1.807) is 6.21 Å². The zero-order chi connectivity index (χ0) is 21.1. The summed E-state index contributed by atoms with van der Waals surface area (Å²) in [6.45, 7) is 4.66. The fraction of sp³-hybridized carbons (Fsp3) is 0.217. The molecule has 0 unspecified atom stereocenters. The van der Waals surface area contributed by atoms with E-state index in [-0.39, 0.29) is 11.7 Å². The van der Waals surface area contributed by atoms with Crippen LogP contribution in [0.5, 0.6) is 0 Å². The molecule has 7 heteroatoms. The molecule has 4 rings (SSSR count). The number of hydrogen-bond donors (Lipinski definition) is 2. The number of fused-ring (bicyclic) bond motifs is 2. The molecule has 2 heterocycles. The van der Waals surface area contributed by atoms with Gasteiger partial charge in [-0.2, -0.15) is 9.78 Å². The normalized spacial score (nSPS) is 11.5. The van der Waals surface area contributed by atoms with Crippen molar-refractivity contribution in [2.45, 2.75) is 26.7 Å². The minimum Gasteiger partial charge on any atom is -0.383 e. The summed E-state index contributed by atoms with van der Waals surface area (Å²) in [6, 6.07) is 15.4. The van der Waals surface area contributed by atoms with E-state index < -0.39 is 0 Å². The fourth-order valence-electron chi connectivity index (χ4n) is 3.31. The number of carbonyl (C=O) groups is 1. The lowest BCUT2D eigenvalue weighted by molar-refractivity contribution is 0.0955. The number of rotatable bonds is 6. The lowest BCUT2D eigenvalue weighted by Gasteiger charge is -2.04. The van der Waals surface area contributed by atoms with Gasteiger partial charge in [-0.25, -0.2) is 9.97 Å². The van der Waals surface area contributed by atoms with Crippen LogP contribution in [0.2, 0.25) is 0 Å². The number of nitrogens with two attached hydrogens (primary N) is 1. The molecule has 0 radical (unpaired) electrons. The maximum absolute atomic E-state index is 12.9. The van der Waals surface area contributed by atoms with Gasteiger partial charge >= 0.3 is 0 Å². The fourth-order valence-corrected chi connectivity index (χ4v) is 3.31. The molecule has 30 heavy (non-hydrogen) atoms. The summed E-state index contributed by atoms with van der Waals surface area (Å²) in [5.41, 5.74) is 11.1. The van der Waals surface area contributed by atoms with Gasteiger partial charge in [0.25, 0.3) is 5.91 Å². The Morgan fingerprint density at radius 2 is 1.83 bits per heavy atom. The predicted octanol–water partition coefficient (Wildman–Crippen LogP) is 3.89. The smallest absolute Gasteiger partial charge is 0.257 e. The average Bonchev–Trinajstić information content (AvgIpc) is 3.02. The Kier molecular flexibility index (Phi) is 5.43. The first-order chi connectivity index (χ1) is 14.6. The molecule has 0 bridgehead atoms. The Bertz CT molecular complexity index is 1260. The number of unbranched alkanes of at least 4 members (excludes halogenated alkanes) is 1. The van der Waals surface area contributed by atoms with Crippen molar-refractivity contribution in [2.75, 3.05) is 12.3 Å². The average molecular weight is 400 g/mol. The van der Waals surface area contributed by atoms with Crippen molar-refractivity contribution in [3.05, 3.63) is 65.2 Å². The monoisotopic (exact) mass is 400 g/mol. The van der Waals surface area contributed by atoms with Gasteiger partial charge < -0.3 is 11.1 Å². The molecule has 7 nitrogen and oxygen atoms in total. The van der Waals surface area contributed by atoms with Crippen molar-refractivity contribution in [3.8, 4) is 0 Å². The van der Waals surface area contributed by atoms with Crippen molar-refractivity contribution >= 4 is 40.1 Å². The summed E-state index contributed by atoms with van der Waals surface area (Å²) in [6.07, 6.45) is 3.60. The number of benzene rings is 2. The molecule has 1 amide bonds. The molecule has 4 aromatic rings. The topological polar surface area (TPSA) is 98.2 Å². The quantitative estimate of drug-likeness (QED) is 0.379. The van der Waals surface area contributed by atoms with Gasteiger partial charge in [0.15, 0.2) is 5.65 Å². The highest BCUT2D eigenvalue weighted by Crippen LogP contribution is 2.27. The summed E-state index contributed by atoms with van der Waals surface area (Å²) in [5.74, 6) is -0.0421. The Hall–Kier alpha value is -3.74. The molecular formula is C23H24N6O. The van der Waals surface area contributed by atoms with E-state index >= 15 is 0 Å². The van der Waals surface area contributed by atoms with E-state index in [9.17, 15) is 4.79 Å². The van der Waals surface area contributed by atoms with Crippen LogP contribution in [-0.4, -0.2) is 33.3 Å². The lowest BCUT2D eigenvalue weighted by Crippen LogP contribution is -2.25. The molecule has 0 saturated heterocycles. The standard InChI is InChI=1S/C23H24N6O/c1-3-4-13-25-23(30)19-20-22(28-18-12-8-7-11-17(18)27-20)29(21(19)24)26-14-16-10-6-5-9-15(16)2/h5-12,14H,3-4,13,24H2,1-2H3,(H,25,30)/b26-14-. The van der Waals surface area contributed by atoms with Crippen LogP contribution in [0.25, 0.3) is 22.2 Å². The minimum absolute atomic E-state index is 0.221. The Balaban J connectivity index is 1.88. The second kappa shape index (κ2) is 8.32. The van der Waals surface area contributed by atoms with Crippen LogP contribution in [0, 0.1) is 6.92 Å². The highest BCUT2D eigenvalue weighted by Gasteiger charge is 2.23. The summed E-state index contributed by atoms with van der Waals surface area (Å²) in [5, 5.41) is 7.48. The minimum atomic E-state index is -0.264.